The number of phenolic OH excluding ortho intramolecular Hbond substituents is 1. The van der Waals surface area contributed by atoms with E-state index >= 15 is 0 Å². The summed E-state index contributed by atoms with van der Waals surface area (Å²) in [6, 6.07) is 34.0. The van der Waals surface area contributed by atoms with Crippen LogP contribution in [0.1, 0.15) is 130 Å². The molecule has 0 atom stereocenters. The van der Waals surface area contributed by atoms with E-state index in [-0.39, 0.29) is 51.4 Å². The molecule has 0 fully saturated rings. The van der Waals surface area contributed by atoms with Gasteiger partial charge in [-0.05, 0) is 86.3 Å². The predicted octanol–water partition coefficient (Wildman–Crippen LogP) is 16.8. The first-order chi connectivity index (χ1) is 25.0. The van der Waals surface area contributed by atoms with Gasteiger partial charge in [0.15, 0.2) is 0 Å². The molecular formula is C51H72BrClN4O. The minimum atomic E-state index is -0.140. The van der Waals surface area contributed by atoms with Crippen molar-refractivity contribution in [1.82, 2.24) is 9.97 Å². The molecule has 1 N–H and O–H groups in total. The molecule has 5 nitrogen and oxygen atoms in total. The van der Waals surface area contributed by atoms with Gasteiger partial charge in [-0.2, -0.15) is 5.26 Å². The van der Waals surface area contributed by atoms with E-state index in [0.29, 0.717) is 17.3 Å². The molecule has 5 rings (SSSR count). The Hall–Kier alpha value is -4.49. The Morgan fingerprint density at radius 2 is 1.29 bits per heavy atom. The van der Waals surface area contributed by atoms with Gasteiger partial charge in [0.05, 0.1) is 23.0 Å². The van der Waals surface area contributed by atoms with Gasteiger partial charge in [0.1, 0.15) is 10.4 Å². The number of phenols is 1. The molecule has 5 aromatic rings. The van der Waals surface area contributed by atoms with Crippen LogP contribution < -0.4 is 0 Å². The molecule has 0 aliphatic heterocycles. The molecule has 0 radical (unpaired) electrons. The minimum absolute atomic E-state index is 0. The molecule has 3 aromatic carbocycles. The second kappa shape index (κ2) is 25.1. The number of aromatic nitrogens is 2. The molecule has 0 spiro atoms. The smallest absolute Gasteiger partial charge is 0.219 e. The van der Waals surface area contributed by atoms with E-state index in [4.69, 9.17) is 28.4 Å². The zero-order valence-corrected chi connectivity index (χ0v) is 36.4. The van der Waals surface area contributed by atoms with E-state index in [1.54, 1.807) is 18.2 Å². The maximum atomic E-state index is 9.51. The lowest BCUT2D eigenvalue weighted by Gasteiger charge is -2.22. The highest BCUT2D eigenvalue weighted by Gasteiger charge is 2.20. The number of hydrogen-bond donors (Lipinski definition) is 1. The van der Waals surface area contributed by atoms with Gasteiger partial charge < -0.3 is 9.95 Å². The molecular weight excluding hydrogens is 800 g/mol. The maximum absolute atomic E-state index is 9.51. The quantitative estimate of drug-likeness (QED) is 0.109. The fourth-order valence-corrected chi connectivity index (χ4v) is 5.50. The predicted molar refractivity (Wildman–Crippen MR) is 261 cm³/mol. The van der Waals surface area contributed by atoms with Crippen LogP contribution in [0.25, 0.3) is 33.1 Å². The van der Waals surface area contributed by atoms with E-state index in [0.717, 1.165) is 32.6 Å². The number of nitrogens with zero attached hydrogens (tertiary/aromatic N) is 4. The monoisotopic (exact) mass is 870 g/mol. The number of para-hydroxylation sites is 1. The van der Waals surface area contributed by atoms with Crippen molar-refractivity contribution in [3.63, 3.8) is 0 Å². The third-order valence-corrected chi connectivity index (χ3v) is 8.55. The molecule has 0 amide bonds. The third-order valence-electron chi connectivity index (χ3n) is 7.87. The molecule has 0 saturated carbocycles. The summed E-state index contributed by atoms with van der Waals surface area (Å²) in [4.78, 5) is 12.3. The lowest BCUT2D eigenvalue weighted by Crippen LogP contribution is -2.12. The molecule has 0 aliphatic rings. The average Bonchev–Trinajstić information content (AvgIpc) is 3.07. The van der Waals surface area contributed by atoms with Crippen LogP contribution in [0.3, 0.4) is 0 Å². The summed E-state index contributed by atoms with van der Waals surface area (Å²) in [5.41, 5.74) is 7.15. The van der Waals surface area contributed by atoms with E-state index < -0.39 is 0 Å². The Bertz CT molecular complexity index is 2080. The van der Waals surface area contributed by atoms with Crippen molar-refractivity contribution in [1.29, 1.82) is 5.26 Å². The summed E-state index contributed by atoms with van der Waals surface area (Å²) >= 11 is 9.11. The van der Waals surface area contributed by atoms with Crippen LogP contribution in [0.5, 0.6) is 5.75 Å². The van der Waals surface area contributed by atoms with Gasteiger partial charge in [-0.25, -0.2) is 16.5 Å². The Balaban J connectivity index is -0.000000718. The maximum Gasteiger partial charge on any atom is 0.219 e. The van der Waals surface area contributed by atoms with Crippen molar-refractivity contribution in [2.75, 3.05) is 6.54 Å². The lowest BCUT2D eigenvalue weighted by molar-refractivity contribution is 0.447. The molecule has 58 heavy (non-hydrogen) atoms. The Morgan fingerprint density at radius 3 is 1.74 bits per heavy atom. The third kappa shape index (κ3) is 19.8. The van der Waals surface area contributed by atoms with Crippen LogP contribution in [0.15, 0.2) is 107 Å². The van der Waals surface area contributed by atoms with Crippen molar-refractivity contribution >= 4 is 44.5 Å². The molecule has 2 aromatic heterocycles. The van der Waals surface area contributed by atoms with E-state index in [2.05, 4.69) is 128 Å². The van der Waals surface area contributed by atoms with Gasteiger partial charge in [-0.1, -0.05) is 179 Å². The van der Waals surface area contributed by atoms with Crippen molar-refractivity contribution in [2.24, 2.45) is 10.8 Å². The number of halogens is 2. The SMILES string of the molecule is C.C.C.C.CC(C)(C)/C(C#N)=C/c1cccc(Br)n1.CC(C)(C)c1cc(-c2ccccc2)nc2ccccc12.CC(C)(C)c1cc(Cl)ccc1O.[C-]#[N+]CC(C)(C)C. The second-order valence-corrected chi connectivity index (χ2v) is 18.5. The van der Waals surface area contributed by atoms with E-state index in [1.807, 2.05) is 71.9 Å². The van der Waals surface area contributed by atoms with Gasteiger partial charge >= 0.3 is 0 Å². The van der Waals surface area contributed by atoms with Crippen molar-refractivity contribution in [3.8, 4) is 23.1 Å². The normalized spacial score (nSPS) is 10.9. The van der Waals surface area contributed by atoms with Gasteiger partial charge in [0.2, 0.25) is 6.54 Å². The molecule has 0 unspecified atom stereocenters. The summed E-state index contributed by atoms with van der Waals surface area (Å²) in [5.74, 6) is 0.312. The van der Waals surface area contributed by atoms with Crippen LogP contribution in [0.2, 0.25) is 5.02 Å². The zero-order valence-electron chi connectivity index (χ0n) is 34.0. The van der Waals surface area contributed by atoms with Gasteiger partial charge in [-0.15, -0.1) is 0 Å². The largest absolute Gasteiger partial charge is 0.508 e. The first-order valence-electron chi connectivity index (χ1n) is 18.0. The molecule has 7 heteroatoms. The highest BCUT2D eigenvalue weighted by atomic mass is 79.9. The second-order valence-electron chi connectivity index (χ2n) is 17.3. The van der Waals surface area contributed by atoms with E-state index in [9.17, 15) is 5.11 Å². The highest BCUT2D eigenvalue weighted by molar-refractivity contribution is 9.10. The van der Waals surface area contributed by atoms with Crippen LogP contribution in [-0.2, 0) is 10.8 Å². The number of benzene rings is 3. The zero-order chi connectivity index (χ0) is 40.9. The number of hydrogen-bond acceptors (Lipinski definition) is 4. The molecule has 0 aliphatic carbocycles. The topological polar surface area (TPSA) is 74.2 Å². The van der Waals surface area contributed by atoms with Crippen molar-refractivity contribution < 1.29 is 5.11 Å². The Kier molecular flexibility index (Phi) is 25.0. The summed E-state index contributed by atoms with van der Waals surface area (Å²) in [5, 5.41) is 20.5. The first kappa shape index (κ1) is 57.8. The fourth-order valence-electron chi connectivity index (χ4n) is 4.97. The summed E-state index contributed by atoms with van der Waals surface area (Å²) in [7, 11) is 0. The van der Waals surface area contributed by atoms with Gasteiger partial charge in [0.25, 0.3) is 0 Å². The number of rotatable bonds is 2. The molecule has 0 bridgehead atoms. The standard InChI is InChI=1S/C19H19N.C12H13BrN2.C10H13ClO.C6H11N.4CH4/c1-19(2,3)16-13-18(14-9-5-4-6-10-14)20-17-12-8-7-11-15(16)17;1-12(2,3)9(8-14)7-10-5-4-6-11(13)15-10;1-10(2,3)8-6-7(11)4-5-9(8)12;1-6(2,3)5-7-4;;;;/h4-13H,1-3H3;4-7H,1-3H3;4-6,12H,1-3H3;5H2,1-3H3;4*1H4/b;9-7+;;;;;;. The summed E-state index contributed by atoms with van der Waals surface area (Å²) in [6.07, 6.45) is 1.82. The van der Waals surface area contributed by atoms with Gasteiger partial charge in [0, 0.05) is 32.5 Å². The number of aromatic hydroxyl groups is 1. The van der Waals surface area contributed by atoms with Crippen molar-refractivity contribution in [3.05, 3.63) is 140 Å². The lowest BCUT2D eigenvalue weighted by atomic mass is 9.84. The number of nitriles is 1. The van der Waals surface area contributed by atoms with E-state index in [1.165, 1.54) is 16.5 Å². The van der Waals surface area contributed by atoms with Crippen LogP contribution in [0.4, 0.5) is 0 Å². The number of fused-ring (bicyclic) bond motifs is 1. The molecule has 2 heterocycles. The Morgan fingerprint density at radius 1 is 0.741 bits per heavy atom. The minimum Gasteiger partial charge on any atom is -0.508 e. The summed E-state index contributed by atoms with van der Waals surface area (Å²) in [6.45, 7) is 32.2. The number of pyridine rings is 2. The fraction of sp³-hybridized carbons (Fsp3) is 0.412. The number of allylic oxidation sites excluding steroid dienone is 1. The van der Waals surface area contributed by atoms with Gasteiger partial charge in [-0.3, -0.25) is 0 Å². The van der Waals surface area contributed by atoms with Crippen LogP contribution in [-0.4, -0.2) is 21.6 Å². The van der Waals surface area contributed by atoms with Crippen LogP contribution >= 0.6 is 27.5 Å². The van der Waals surface area contributed by atoms with Crippen LogP contribution in [0, 0.1) is 28.7 Å². The molecule has 316 valence electrons. The summed E-state index contributed by atoms with van der Waals surface area (Å²) < 4.78 is 0.780. The average molecular weight is 873 g/mol. The highest BCUT2D eigenvalue weighted by Crippen LogP contribution is 2.34. The molecule has 0 saturated heterocycles. The van der Waals surface area contributed by atoms with Crippen molar-refractivity contribution in [2.45, 2.75) is 124 Å². The first-order valence-corrected chi connectivity index (χ1v) is 19.2. The Labute approximate surface area is 367 Å².